The van der Waals surface area contributed by atoms with E-state index in [4.69, 9.17) is 11.6 Å². The lowest BCUT2D eigenvalue weighted by molar-refractivity contribution is 0.102. The Morgan fingerprint density at radius 3 is 2.20 bits per heavy atom. The molecule has 0 aliphatic heterocycles. The van der Waals surface area contributed by atoms with E-state index < -0.39 is 10.0 Å². The molecule has 6 nitrogen and oxygen atoms in total. The van der Waals surface area contributed by atoms with Crippen LogP contribution in [0.4, 0.5) is 17.1 Å². The molecule has 0 saturated carbocycles. The van der Waals surface area contributed by atoms with Crippen molar-refractivity contribution in [1.29, 1.82) is 0 Å². The second-order valence-corrected chi connectivity index (χ2v) is 9.03. The third kappa shape index (κ3) is 5.98. The monoisotopic (exact) mass is 443 g/mol. The summed E-state index contributed by atoms with van der Waals surface area (Å²) in [5.74, 6) is -0.374. The third-order valence-corrected chi connectivity index (χ3v) is 5.27. The van der Waals surface area contributed by atoms with Crippen LogP contribution < -0.4 is 15.4 Å². The van der Waals surface area contributed by atoms with Gasteiger partial charge in [0, 0.05) is 23.0 Å². The summed E-state index contributed by atoms with van der Waals surface area (Å²) in [7, 11) is -3.51. The molecule has 156 valence electrons. The van der Waals surface area contributed by atoms with Crippen LogP contribution in [0.15, 0.2) is 72.8 Å². The van der Waals surface area contributed by atoms with Crippen molar-refractivity contribution in [3.8, 4) is 0 Å². The number of hydrogen-bond acceptors (Lipinski definition) is 4. The van der Waals surface area contributed by atoms with Crippen LogP contribution in [-0.4, -0.2) is 20.6 Å². The lowest BCUT2D eigenvalue weighted by Crippen LogP contribution is -2.14. The van der Waals surface area contributed by atoms with Crippen molar-refractivity contribution in [2.24, 2.45) is 0 Å². The molecule has 30 heavy (non-hydrogen) atoms. The van der Waals surface area contributed by atoms with Gasteiger partial charge in [-0.1, -0.05) is 41.9 Å². The van der Waals surface area contributed by atoms with Gasteiger partial charge in [-0.2, -0.15) is 0 Å². The Bertz CT molecular complexity index is 1130. The van der Waals surface area contributed by atoms with Crippen molar-refractivity contribution in [3.05, 3.63) is 88.9 Å². The third-order valence-electron chi connectivity index (χ3n) is 4.35. The van der Waals surface area contributed by atoms with E-state index in [1.165, 1.54) is 23.8 Å². The number of hydrogen-bond donors (Lipinski definition) is 3. The van der Waals surface area contributed by atoms with Gasteiger partial charge in [-0.05, 0) is 55.0 Å². The Kier molecular flexibility index (Phi) is 6.64. The summed E-state index contributed by atoms with van der Waals surface area (Å²) in [6.07, 6.45) is 1.02. The normalized spacial score (nSPS) is 12.1. The number of benzene rings is 3. The van der Waals surface area contributed by atoms with Gasteiger partial charge >= 0.3 is 0 Å². The summed E-state index contributed by atoms with van der Waals surface area (Å²) in [5.41, 5.74) is 3.16. The van der Waals surface area contributed by atoms with Crippen LogP contribution in [0.3, 0.4) is 0 Å². The fourth-order valence-corrected chi connectivity index (χ4v) is 3.66. The number of sulfonamides is 1. The average molecular weight is 444 g/mol. The van der Waals surface area contributed by atoms with Gasteiger partial charge in [0.1, 0.15) is 0 Å². The van der Waals surface area contributed by atoms with Crippen molar-refractivity contribution < 1.29 is 13.2 Å². The SMILES string of the molecule is CC(Nc1ccc(NC(=O)c2ccc(Cl)c(NS(C)(=O)=O)c2)cc1)c1ccccc1. The molecular formula is C22H22ClN3O3S. The number of carbonyl (C=O) groups is 1. The fraction of sp³-hybridized carbons (Fsp3) is 0.136. The van der Waals surface area contributed by atoms with Crippen molar-refractivity contribution >= 4 is 44.6 Å². The van der Waals surface area contributed by atoms with Crippen LogP contribution >= 0.6 is 11.6 Å². The number of amides is 1. The summed E-state index contributed by atoms with van der Waals surface area (Å²) < 4.78 is 25.2. The maximum absolute atomic E-state index is 12.5. The Balaban J connectivity index is 1.67. The average Bonchev–Trinajstić information content (AvgIpc) is 2.70. The van der Waals surface area contributed by atoms with Gasteiger partial charge < -0.3 is 10.6 Å². The van der Waals surface area contributed by atoms with Gasteiger partial charge in [0.2, 0.25) is 10.0 Å². The first-order chi connectivity index (χ1) is 14.2. The Morgan fingerprint density at radius 2 is 1.57 bits per heavy atom. The molecule has 8 heteroatoms. The maximum atomic E-state index is 12.5. The number of carbonyl (C=O) groups excluding carboxylic acids is 1. The molecular weight excluding hydrogens is 422 g/mol. The number of nitrogens with one attached hydrogen (secondary N) is 3. The smallest absolute Gasteiger partial charge is 0.255 e. The molecule has 0 heterocycles. The molecule has 0 saturated heterocycles. The number of anilines is 3. The fourth-order valence-electron chi connectivity index (χ4n) is 2.87. The second kappa shape index (κ2) is 9.19. The van der Waals surface area contributed by atoms with Gasteiger partial charge in [-0.25, -0.2) is 8.42 Å². The molecule has 3 rings (SSSR count). The highest BCUT2D eigenvalue weighted by Crippen LogP contribution is 2.25. The quantitative estimate of drug-likeness (QED) is 0.472. The van der Waals surface area contributed by atoms with Gasteiger partial charge in [-0.3, -0.25) is 9.52 Å². The Hall–Kier alpha value is -3.03. The van der Waals surface area contributed by atoms with Crippen LogP contribution in [0.25, 0.3) is 0 Å². The zero-order chi connectivity index (χ0) is 21.7. The van der Waals surface area contributed by atoms with Crippen molar-refractivity contribution in [2.45, 2.75) is 13.0 Å². The zero-order valence-corrected chi connectivity index (χ0v) is 18.1. The second-order valence-electron chi connectivity index (χ2n) is 6.88. The van der Waals surface area contributed by atoms with Crippen LogP contribution in [0.5, 0.6) is 0 Å². The van der Waals surface area contributed by atoms with E-state index in [0.717, 1.165) is 11.9 Å². The molecule has 0 aliphatic carbocycles. The highest BCUT2D eigenvalue weighted by molar-refractivity contribution is 7.92. The molecule has 0 aromatic heterocycles. The van der Waals surface area contributed by atoms with E-state index in [9.17, 15) is 13.2 Å². The zero-order valence-electron chi connectivity index (χ0n) is 16.5. The van der Waals surface area contributed by atoms with E-state index >= 15 is 0 Å². The van der Waals surface area contributed by atoms with E-state index in [0.29, 0.717) is 5.69 Å². The Labute approximate surface area is 181 Å². The van der Waals surface area contributed by atoms with Crippen molar-refractivity contribution in [1.82, 2.24) is 0 Å². The van der Waals surface area contributed by atoms with Crippen LogP contribution in [0.1, 0.15) is 28.9 Å². The van der Waals surface area contributed by atoms with E-state index in [2.05, 4.69) is 34.4 Å². The largest absolute Gasteiger partial charge is 0.379 e. The van der Waals surface area contributed by atoms with Crippen molar-refractivity contribution in [3.63, 3.8) is 0 Å². The minimum absolute atomic E-state index is 0.140. The molecule has 1 unspecified atom stereocenters. The molecule has 1 atom stereocenters. The van der Waals surface area contributed by atoms with Gasteiger partial charge in [-0.15, -0.1) is 0 Å². The van der Waals surface area contributed by atoms with Gasteiger partial charge in [0.05, 0.1) is 17.0 Å². The van der Waals surface area contributed by atoms with Crippen LogP contribution in [-0.2, 0) is 10.0 Å². The van der Waals surface area contributed by atoms with Gasteiger partial charge in [0.15, 0.2) is 0 Å². The molecule has 3 aromatic carbocycles. The van der Waals surface area contributed by atoms with E-state index in [-0.39, 0.29) is 28.2 Å². The highest BCUT2D eigenvalue weighted by atomic mass is 35.5. The molecule has 0 radical (unpaired) electrons. The maximum Gasteiger partial charge on any atom is 0.255 e. The van der Waals surface area contributed by atoms with E-state index in [1.807, 2.05) is 30.3 Å². The van der Waals surface area contributed by atoms with Crippen LogP contribution in [0.2, 0.25) is 5.02 Å². The summed E-state index contributed by atoms with van der Waals surface area (Å²) in [5, 5.41) is 6.41. The standard InChI is InChI=1S/C22H22ClN3O3S/c1-15(16-6-4-3-5-7-16)24-18-9-11-19(12-10-18)25-22(27)17-8-13-20(23)21(14-17)26-30(2,28)29/h3-15,24,26H,1-2H3,(H,25,27). The number of halogens is 1. The predicted molar refractivity (Wildman–Crippen MR) is 123 cm³/mol. The molecule has 0 spiro atoms. The summed E-state index contributed by atoms with van der Waals surface area (Å²) in [4.78, 5) is 12.5. The summed E-state index contributed by atoms with van der Waals surface area (Å²) in [6, 6.07) is 22.0. The molecule has 0 fully saturated rings. The first-order valence-corrected chi connectivity index (χ1v) is 11.5. The first-order valence-electron chi connectivity index (χ1n) is 9.21. The topological polar surface area (TPSA) is 87.3 Å². The number of rotatable bonds is 7. The molecule has 0 aliphatic rings. The highest BCUT2D eigenvalue weighted by Gasteiger charge is 2.12. The van der Waals surface area contributed by atoms with Crippen LogP contribution in [0, 0.1) is 0 Å². The minimum atomic E-state index is -3.51. The minimum Gasteiger partial charge on any atom is -0.379 e. The summed E-state index contributed by atoms with van der Waals surface area (Å²) in [6.45, 7) is 2.08. The molecule has 3 aromatic rings. The molecule has 1 amide bonds. The lowest BCUT2D eigenvalue weighted by Gasteiger charge is -2.16. The molecule has 3 N–H and O–H groups in total. The lowest BCUT2D eigenvalue weighted by atomic mass is 10.1. The predicted octanol–water partition coefficient (Wildman–Crippen LogP) is 5.14. The van der Waals surface area contributed by atoms with Crippen molar-refractivity contribution in [2.75, 3.05) is 21.6 Å². The first kappa shape index (κ1) is 21.7. The van der Waals surface area contributed by atoms with Gasteiger partial charge in [0.25, 0.3) is 5.91 Å². The summed E-state index contributed by atoms with van der Waals surface area (Å²) >= 11 is 6.00. The Morgan fingerprint density at radius 1 is 0.933 bits per heavy atom. The van der Waals surface area contributed by atoms with E-state index in [1.54, 1.807) is 12.1 Å². The molecule has 0 bridgehead atoms.